The summed E-state index contributed by atoms with van der Waals surface area (Å²) in [6.07, 6.45) is 0.303. The molecule has 4 nitrogen and oxygen atoms in total. The molecular formula is C18H15FN2O2. The van der Waals surface area contributed by atoms with E-state index in [0.29, 0.717) is 23.1 Å². The predicted octanol–water partition coefficient (Wildman–Crippen LogP) is 2.89. The number of rotatable bonds is 4. The normalized spacial score (nSPS) is 12.2. The van der Waals surface area contributed by atoms with Crippen molar-refractivity contribution in [3.05, 3.63) is 71.5 Å². The van der Waals surface area contributed by atoms with Crippen molar-refractivity contribution in [2.24, 2.45) is 5.73 Å². The molecule has 1 atom stereocenters. The Morgan fingerprint density at radius 3 is 2.70 bits per heavy atom. The number of hydrogen-bond donors (Lipinski definition) is 2. The average Bonchev–Trinajstić information content (AvgIpc) is 2.51. The second-order valence-electron chi connectivity index (χ2n) is 5.41. The maximum absolute atomic E-state index is 13.3. The summed E-state index contributed by atoms with van der Waals surface area (Å²) in [7, 11) is 0. The van der Waals surface area contributed by atoms with Gasteiger partial charge in [0.15, 0.2) is 0 Å². The fraction of sp³-hybridized carbons (Fsp3) is 0.111. The van der Waals surface area contributed by atoms with Gasteiger partial charge in [-0.25, -0.2) is 9.37 Å². The number of pyridine rings is 1. The van der Waals surface area contributed by atoms with Gasteiger partial charge in [-0.15, -0.1) is 0 Å². The molecule has 5 heteroatoms. The topological polar surface area (TPSA) is 76.2 Å². The lowest BCUT2D eigenvalue weighted by Gasteiger charge is -2.14. The molecule has 3 aromatic rings. The van der Waals surface area contributed by atoms with Crippen molar-refractivity contribution >= 4 is 16.8 Å². The van der Waals surface area contributed by atoms with Crippen LogP contribution in [0.15, 0.2) is 54.6 Å². The molecule has 1 unspecified atom stereocenters. The van der Waals surface area contributed by atoms with Gasteiger partial charge in [-0.2, -0.15) is 0 Å². The first-order valence-corrected chi connectivity index (χ1v) is 7.16. The van der Waals surface area contributed by atoms with E-state index in [1.807, 2.05) is 6.07 Å². The van der Waals surface area contributed by atoms with Crippen LogP contribution in [0.5, 0.6) is 5.88 Å². The van der Waals surface area contributed by atoms with Crippen molar-refractivity contribution in [2.45, 2.75) is 12.3 Å². The van der Waals surface area contributed by atoms with Gasteiger partial charge in [0.2, 0.25) is 11.8 Å². The molecule has 1 heterocycles. The van der Waals surface area contributed by atoms with Gasteiger partial charge in [-0.1, -0.05) is 24.3 Å². The first-order valence-electron chi connectivity index (χ1n) is 7.16. The molecule has 0 fully saturated rings. The standard InChI is InChI=1S/C18H15FN2O2/c19-14-3-1-2-11(8-14)9-15(18(20)23)13-5-4-12-6-7-17(22)21-16(12)10-13/h1-8,10,15H,9H2,(H2,20,23)(H,21,22). The molecule has 0 radical (unpaired) electrons. The number of hydrogen-bond acceptors (Lipinski definition) is 3. The molecule has 0 aliphatic heterocycles. The van der Waals surface area contributed by atoms with Crippen LogP contribution in [0.4, 0.5) is 4.39 Å². The number of halogens is 1. The molecule has 0 aliphatic rings. The summed E-state index contributed by atoms with van der Waals surface area (Å²) in [6, 6.07) is 14.7. The highest BCUT2D eigenvalue weighted by molar-refractivity contribution is 5.85. The van der Waals surface area contributed by atoms with Crippen LogP contribution < -0.4 is 5.73 Å². The summed E-state index contributed by atoms with van der Waals surface area (Å²) in [5.41, 5.74) is 7.48. The van der Waals surface area contributed by atoms with Gasteiger partial charge < -0.3 is 10.8 Å². The summed E-state index contributed by atoms with van der Waals surface area (Å²) in [4.78, 5) is 15.9. The van der Waals surface area contributed by atoms with E-state index in [2.05, 4.69) is 4.98 Å². The van der Waals surface area contributed by atoms with Crippen molar-refractivity contribution < 1.29 is 14.3 Å². The van der Waals surface area contributed by atoms with Crippen LogP contribution in [0, 0.1) is 5.82 Å². The minimum absolute atomic E-state index is 0.0876. The Morgan fingerprint density at radius 1 is 1.17 bits per heavy atom. The molecule has 1 amide bonds. The minimum atomic E-state index is -0.592. The number of aromatic hydroxyl groups is 1. The number of carbonyl (C=O) groups is 1. The van der Waals surface area contributed by atoms with Gasteiger partial charge in [-0.05, 0) is 41.8 Å². The van der Waals surface area contributed by atoms with E-state index in [9.17, 15) is 14.3 Å². The van der Waals surface area contributed by atoms with E-state index in [1.165, 1.54) is 18.2 Å². The second-order valence-corrected chi connectivity index (χ2v) is 5.41. The Hall–Kier alpha value is -2.95. The van der Waals surface area contributed by atoms with Gasteiger partial charge in [0.05, 0.1) is 11.4 Å². The first kappa shape index (κ1) is 15.0. The number of fused-ring (bicyclic) bond motifs is 1. The number of nitrogens with zero attached hydrogens (tertiary/aromatic N) is 1. The fourth-order valence-electron chi connectivity index (χ4n) is 2.62. The summed E-state index contributed by atoms with van der Waals surface area (Å²) >= 11 is 0. The Bertz CT molecular complexity index is 880. The zero-order valence-corrected chi connectivity index (χ0v) is 12.2. The Kier molecular flexibility index (Phi) is 3.93. The van der Waals surface area contributed by atoms with Crippen molar-refractivity contribution in [1.29, 1.82) is 0 Å². The Labute approximate surface area is 132 Å². The molecular weight excluding hydrogens is 295 g/mol. The van der Waals surface area contributed by atoms with Crippen molar-refractivity contribution in [3.63, 3.8) is 0 Å². The summed E-state index contributed by atoms with van der Waals surface area (Å²) in [5, 5.41) is 10.3. The zero-order valence-electron chi connectivity index (χ0n) is 12.2. The molecule has 0 spiro atoms. The molecule has 0 saturated carbocycles. The maximum atomic E-state index is 13.3. The smallest absolute Gasteiger partial charge is 0.225 e. The number of amides is 1. The molecule has 0 aliphatic carbocycles. The van der Waals surface area contributed by atoms with Crippen LogP contribution >= 0.6 is 0 Å². The predicted molar refractivity (Wildman–Crippen MR) is 85.4 cm³/mol. The van der Waals surface area contributed by atoms with Gasteiger partial charge in [0.25, 0.3) is 0 Å². The molecule has 2 aromatic carbocycles. The van der Waals surface area contributed by atoms with Crippen LogP contribution in [0.2, 0.25) is 0 Å². The van der Waals surface area contributed by atoms with Crippen LogP contribution in [-0.4, -0.2) is 16.0 Å². The quantitative estimate of drug-likeness (QED) is 0.778. The Balaban J connectivity index is 1.99. The van der Waals surface area contributed by atoms with Gasteiger partial charge in [0, 0.05) is 11.5 Å². The SMILES string of the molecule is NC(=O)C(Cc1cccc(F)c1)c1ccc2ccc(O)nc2c1. The number of benzene rings is 2. The fourth-order valence-corrected chi connectivity index (χ4v) is 2.62. The number of carbonyl (C=O) groups excluding carboxylic acids is 1. The molecule has 116 valence electrons. The van der Waals surface area contributed by atoms with E-state index in [1.54, 1.807) is 30.3 Å². The third-order valence-electron chi connectivity index (χ3n) is 3.78. The largest absolute Gasteiger partial charge is 0.493 e. The van der Waals surface area contributed by atoms with Gasteiger partial charge >= 0.3 is 0 Å². The maximum Gasteiger partial charge on any atom is 0.225 e. The van der Waals surface area contributed by atoms with E-state index < -0.39 is 11.8 Å². The third kappa shape index (κ3) is 3.29. The highest BCUT2D eigenvalue weighted by atomic mass is 19.1. The van der Waals surface area contributed by atoms with Crippen LogP contribution in [0.25, 0.3) is 10.9 Å². The average molecular weight is 310 g/mol. The number of nitrogens with two attached hydrogens (primary N) is 1. The molecule has 23 heavy (non-hydrogen) atoms. The summed E-state index contributed by atoms with van der Waals surface area (Å²) < 4.78 is 13.3. The molecule has 3 rings (SSSR count). The van der Waals surface area contributed by atoms with Gasteiger partial charge in [-0.3, -0.25) is 4.79 Å². The zero-order chi connectivity index (χ0) is 16.4. The van der Waals surface area contributed by atoms with E-state index >= 15 is 0 Å². The molecule has 0 bridgehead atoms. The molecule has 1 aromatic heterocycles. The lowest BCUT2D eigenvalue weighted by Crippen LogP contribution is -2.23. The lowest BCUT2D eigenvalue weighted by atomic mass is 9.90. The van der Waals surface area contributed by atoms with E-state index in [0.717, 1.165) is 5.39 Å². The number of primary amides is 1. The highest BCUT2D eigenvalue weighted by Crippen LogP contribution is 2.25. The summed E-state index contributed by atoms with van der Waals surface area (Å²) in [6.45, 7) is 0. The summed E-state index contributed by atoms with van der Waals surface area (Å²) in [5.74, 6) is -1.52. The number of aromatic nitrogens is 1. The van der Waals surface area contributed by atoms with Crippen LogP contribution in [0.3, 0.4) is 0 Å². The molecule has 0 saturated heterocycles. The van der Waals surface area contributed by atoms with Crippen LogP contribution in [0.1, 0.15) is 17.0 Å². The van der Waals surface area contributed by atoms with E-state index in [4.69, 9.17) is 5.73 Å². The highest BCUT2D eigenvalue weighted by Gasteiger charge is 2.19. The van der Waals surface area contributed by atoms with Crippen molar-refractivity contribution in [2.75, 3.05) is 0 Å². The van der Waals surface area contributed by atoms with E-state index in [-0.39, 0.29) is 11.7 Å². The lowest BCUT2D eigenvalue weighted by molar-refractivity contribution is -0.119. The van der Waals surface area contributed by atoms with Crippen LogP contribution in [-0.2, 0) is 11.2 Å². The van der Waals surface area contributed by atoms with Gasteiger partial charge in [0.1, 0.15) is 5.82 Å². The monoisotopic (exact) mass is 310 g/mol. The molecule has 3 N–H and O–H groups in total. The first-order chi connectivity index (χ1) is 11.0. The van der Waals surface area contributed by atoms with Crippen molar-refractivity contribution in [3.8, 4) is 5.88 Å². The third-order valence-corrected chi connectivity index (χ3v) is 3.78. The Morgan fingerprint density at radius 2 is 1.96 bits per heavy atom. The van der Waals surface area contributed by atoms with Crippen molar-refractivity contribution in [1.82, 2.24) is 4.98 Å². The minimum Gasteiger partial charge on any atom is -0.493 e. The second kappa shape index (κ2) is 6.04.